The van der Waals surface area contributed by atoms with Gasteiger partial charge in [-0.05, 0) is 82.8 Å². The molecule has 2 aromatic carbocycles. The Bertz CT molecular complexity index is 925. The van der Waals surface area contributed by atoms with E-state index in [1.807, 2.05) is 32.0 Å². The molecular weight excluding hydrogens is 441 g/mol. The third-order valence-corrected chi connectivity index (χ3v) is 4.62. The lowest BCUT2D eigenvalue weighted by atomic mass is 10.1. The maximum absolute atomic E-state index is 12.5. The zero-order chi connectivity index (χ0) is 17.3. The van der Waals surface area contributed by atoms with Crippen molar-refractivity contribution >= 4 is 45.8 Å². The van der Waals surface area contributed by atoms with Crippen LogP contribution in [0.1, 0.15) is 21.7 Å². The van der Waals surface area contributed by atoms with E-state index in [-0.39, 0.29) is 5.91 Å². The molecule has 0 saturated carbocycles. The Morgan fingerprint density at radius 3 is 2.67 bits per heavy atom. The molecule has 0 fully saturated rings. The van der Waals surface area contributed by atoms with Gasteiger partial charge < -0.3 is 5.32 Å². The Morgan fingerprint density at radius 2 is 2.00 bits per heavy atom. The third-order valence-electron chi connectivity index (χ3n) is 3.50. The summed E-state index contributed by atoms with van der Waals surface area (Å²) in [6, 6.07) is 10.8. The average molecular weight is 454 g/mol. The Kier molecular flexibility index (Phi) is 4.81. The second kappa shape index (κ2) is 6.86. The molecule has 0 radical (unpaired) electrons. The maximum atomic E-state index is 12.5. The van der Waals surface area contributed by atoms with Crippen LogP contribution in [0.5, 0.6) is 0 Å². The van der Waals surface area contributed by atoms with Crippen molar-refractivity contribution < 1.29 is 4.79 Å². The number of tetrazole rings is 1. The molecule has 0 spiro atoms. The number of nitrogens with zero attached hydrogens (tertiary/aromatic N) is 4. The highest BCUT2D eigenvalue weighted by molar-refractivity contribution is 14.1. The van der Waals surface area contributed by atoms with Gasteiger partial charge in [0.1, 0.15) is 0 Å². The smallest absolute Gasteiger partial charge is 0.256 e. The molecule has 6 nitrogen and oxygen atoms in total. The van der Waals surface area contributed by atoms with Gasteiger partial charge in [0.2, 0.25) is 0 Å². The molecule has 0 saturated heterocycles. The number of aromatic nitrogens is 4. The van der Waals surface area contributed by atoms with Gasteiger partial charge in [-0.3, -0.25) is 4.79 Å². The largest absolute Gasteiger partial charge is 0.322 e. The minimum Gasteiger partial charge on any atom is -0.322 e. The number of rotatable bonds is 3. The van der Waals surface area contributed by atoms with Crippen LogP contribution < -0.4 is 5.32 Å². The number of anilines is 1. The monoisotopic (exact) mass is 453 g/mol. The molecule has 0 unspecified atom stereocenters. The van der Waals surface area contributed by atoms with E-state index in [1.165, 1.54) is 0 Å². The number of nitrogens with one attached hydrogen (secondary N) is 1. The highest BCUT2D eigenvalue weighted by Gasteiger charge is 2.13. The second-order valence-corrected chi connectivity index (χ2v) is 6.82. The van der Waals surface area contributed by atoms with E-state index in [9.17, 15) is 4.79 Å². The molecule has 0 bridgehead atoms. The number of carbonyl (C=O) groups is 1. The number of amides is 1. The predicted octanol–water partition coefficient (Wildman–Crippen LogP) is 3.79. The summed E-state index contributed by atoms with van der Waals surface area (Å²) in [6.45, 7) is 3.78. The zero-order valence-electron chi connectivity index (χ0n) is 12.9. The standard InChI is InChI=1S/C16H13ClIN5O/c1-9-3-5-12(8-15(9)23-10(2)20-21-22-23)19-16(24)13-6-4-11(17)7-14(13)18/h3-8H,1-2H3,(H,19,24). The normalized spacial score (nSPS) is 10.7. The topological polar surface area (TPSA) is 72.7 Å². The molecule has 1 N–H and O–H groups in total. The second-order valence-electron chi connectivity index (χ2n) is 5.22. The van der Waals surface area contributed by atoms with Crippen LogP contribution >= 0.6 is 34.2 Å². The minimum absolute atomic E-state index is 0.195. The summed E-state index contributed by atoms with van der Waals surface area (Å²) in [5.74, 6) is 0.480. The molecule has 8 heteroatoms. The highest BCUT2D eigenvalue weighted by atomic mass is 127. The summed E-state index contributed by atoms with van der Waals surface area (Å²) < 4.78 is 2.43. The van der Waals surface area contributed by atoms with Gasteiger partial charge in [0.25, 0.3) is 5.91 Å². The van der Waals surface area contributed by atoms with Gasteiger partial charge in [-0.25, -0.2) is 0 Å². The van der Waals surface area contributed by atoms with E-state index in [0.717, 1.165) is 14.8 Å². The lowest BCUT2D eigenvalue weighted by Crippen LogP contribution is -2.14. The molecule has 122 valence electrons. The van der Waals surface area contributed by atoms with Crippen LogP contribution in [0, 0.1) is 17.4 Å². The van der Waals surface area contributed by atoms with E-state index >= 15 is 0 Å². The Labute approximate surface area is 157 Å². The fraction of sp³-hybridized carbons (Fsp3) is 0.125. The molecule has 0 atom stereocenters. The number of halogens is 2. The summed E-state index contributed by atoms with van der Waals surface area (Å²) in [5, 5.41) is 15.0. The van der Waals surface area contributed by atoms with Crippen molar-refractivity contribution in [1.82, 2.24) is 20.2 Å². The van der Waals surface area contributed by atoms with E-state index < -0.39 is 0 Å². The van der Waals surface area contributed by atoms with Crippen LogP contribution in [0.3, 0.4) is 0 Å². The van der Waals surface area contributed by atoms with Crippen LogP contribution in [0.4, 0.5) is 5.69 Å². The molecule has 1 heterocycles. The van der Waals surface area contributed by atoms with Gasteiger partial charge in [-0.2, -0.15) is 4.68 Å². The molecule has 0 aliphatic carbocycles. The molecule has 3 aromatic rings. The predicted molar refractivity (Wildman–Crippen MR) is 101 cm³/mol. The molecular formula is C16H13ClIN5O. The highest BCUT2D eigenvalue weighted by Crippen LogP contribution is 2.22. The van der Waals surface area contributed by atoms with Gasteiger partial charge >= 0.3 is 0 Å². The summed E-state index contributed by atoms with van der Waals surface area (Å²) in [5.41, 5.74) is 3.06. The van der Waals surface area contributed by atoms with Crippen LogP contribution in [-0.2, 0) is 0 Å². The lowest BCUT2D eigenvalue weighted by molar-refractivity contribution is 0.102. The summed E-state index contributed by atoms with van der Waals surface area (Å²) in [4.78, 5) is 12.5. The van der Waals surface area contributed by atoms with Crippen LogP contribution in [0.25, 0.3) is 5.69 Å². The van der Waals surface area contributed by atoms with E-state index in [4.69, 9.17) is 11.6 Å². The minimum atomic E-state index is -0.195. The summed E-state index contributed by atoms with van der Waals surface area (Å²) in [7, 11) is 0. The first-order valence-corrected chi connectivity index (χ1v) is 8.54. The van der Waals surface area contributed by atoms with E-state index in [2.05, 4.69) is 43.4 Å². The van der Waals surface area contributed by atoms with Crippen molar-refractivity contribution in [3.05, 3.63) is 61.9 Å². The van der Waals surface area contributed by atoms with Gasteiger partial charge in [-0.15, -0.1) is 5.10 Å². The van der Waals surface area contributed by atoms with Crippen LogP contribution in [-0.4, -0.2) is 26.1 Å². The van der Waals surface area contributed by atoms with Crippen molar-refractivity contribution in [2.45, 2.75) is 13.8 Å². The maximum Gasteiger partial charge on any atom is 0.256 e. The molecule has 1 aromatic heterocycles. The van der Waals surface area contributed by atoms with Gasteiger partial charge in [0.05, 0.1) is 11.3 Å². The number of hydrogen-bond donors (Lipinski definition) is 1. The van der Waals surface area contributed by atoms with Gasteiger partial charge in [-0.1, -0.05) is 17.7 Å². The molecule has 0 aliphatic rings. The van der Waals surface area contributed by atoms with Crippen molar-refractivity contribution in [1.29, 1.82) is 0 Å². The van der Waals surface area contributed by atoms with Crippen LogP contribution in [0.15, 0.2) is 36.4 Å². The number of aryl methyl sites for hydroxylation is 2. The summed E-state index contributed by atoms with van der Waals surface area (Å²) in [6.07, 6.45) is 0. The lowest BCUT2D eigenvalue weighted by Gasteiger charge is -2.11. The van der Waals surface area contributed by atoms with Crippen LogP contribution in [0.2, 0.25) is 5.02 Å². The first-order valence-electron chi connectivity index (χ1n) is 7.08. The first kappa shape index (κ1) is 16.8. The van der Waals surface area contributed by atoms with Gasteiger partial charge in [0.15, 0.2) is 5.82 Å². The first-order chi connectivity index (χ1) is 11.5. The number of hydrogen-bond acceptors (Lipinski definition) is 4. The quantitative estimate of drug-likeness (QED) is 0.613. The average Bonchev–Trinajstić information content (AvgIpc) is 2.95. The van der Waals surface area contributed by atoms with Crippen molar-refractivity contribution in [2.75, 3.05) is 5.32 Å². The SMILES string of the molecule is Cc1ccc(NC(=O)c2ccc(Cl)cc2I)cc1-n1nnnc1C. The number of benzene rings is 2. The molecule has 24 heavy (non-hydrogen) atoms. The molecule has 3 rings (SSSR count). The summed E-state index contributed by atoms with van der Waals surface area (Å²) >= 11 is 8.03. The zero-order valence-corrected chi connectivity index (χ0v) is 15.8. The fourth-order valence-electron chi connectivity index (χ4n) is 2.24. The van der Waals surface area contributed by atoms with Gasteiger partial charge in [0, 0.05) is 14.3 Å². The van der Waals surface area contributed by atoms with Crippen molar-refractivity contribution in [2.24, 2.45) is 0 Å². The Hall–Kier alpha value is -2.00. The molecule has 0 aliphatic heterocycles. The number of carbonyl (C=O) groups excluding carboxylic acids is 1. The van der Waals surface area contributed by atoms with E-state index in [1.54, 1.807) is 22.9 Å². The van der Waals surface area contributed by atoms with Crippen molar-refractivity contribution in [3.63, 3.8) is 0 Å². The fourth-order valence-corrected chi connectivity index (χ4v) is 3.36. The van der Waals surface area contributed by atoms with Crippen molar-refractivity contribution in [3.8, 4) is 5.69 Å². The third kappa shape index (κ3) is 3.41. The Balaban J connectivity index is 1.91. The Morgan fingerprint density at radius 1 is 1.21 bits per heavy atom. The molecule has 1 amide bonds. The van der Waals surface area contributed by atoms with E-state index in [0.29, 0.717) is 22.1 Å².